The highest BCUT2D eigenvalue weighted by Gasteiger charge is 2.55. The quantitative estimate of drug-likeness (QED) is 0.155. The van der Waals surface area contributed by atoms with Crippen LogP contribution in [0.25, 0.3) is 0 Å². The molecule has 0 unspecified atom stereocenters. The number of aliphatic hydroxyl groups excluding tert-OH is 7. The molecule has 1 aliphatic heterocycles. The molecule has 1 saturated heterocycles. The molecule has 8 atom stereocenters. The molecule has 0 aromatic heterocycles. The van der Waals surface area contributed by atoms with Gasteiger partial charge in [0.2, 0.25) is 5.79 Å². The van der Waals surface area contributed by atoms with Crippen molar-refractivity contribution in [2.24, 2.45) is 0 Å². The second-order valence-electron chi connectivity index (χ2n) is 5.22. The Balaban J connectivity index is 3.09. The normalized spacial score (nSPS) is 37.0. The molecule has 0 amide bonds. The van der Waals surface area contributed by atoms with Gasteiger partial charge in [0, 0.05) is 0 Å². The van der Waals surface area contributed by atoms with Gasteiger partial charge in [-0.25, -0.2) is 0 Å². The maximum absolute atomic E-state index is 10.5. The fourth-order valence-corrected chi connectivity index (χ4v) is 2.19. The molecule has 0 saturated carbocycles. The van der Waals surface area contributed by atoms with Gasteiger partial charge in [0.25, 0.3) is 0 Å². The fourth-order valence-electron chi connectivity index (χ4n) is 2.19. The first-order chi connectivity index (χ1) is 10.7. The van der Waals surface area contributed by atoms with Crippen LogP contribution in [-0.4, -0.2) is 115 Å². The number of carbonyl (C=O) groups excluding carboxylic acids is 1. The summed E-state index contributed by atoms with van der Waals surface area (Å²) in [7, 11) is 0. The zero-order valence-corrected chi connectivity index (χ0v) is 12.0. The number of ether oxygens (including phenoxy) is 2. The summed E-state index contributed by atoms with van der Waals surface area (Å²) in [6, 6.07) is 0. The van der Waals surface area contributed by atoms with Gasteiger partial charge < -0.3 is 55.1 Å². The van der Waals surface area contributed by atoms with Crippen LogP contribution in [-0.2, 0) is 14.3 Å². The molecule has 23 heavy (non-hydrogen) atoms. The summed E-state index contributed by atoms with van der Waals surface area (Å²) in [6.07, 6.45) is -13.1. The van der Waals surface area contributed by atoms with E-state index in [0.29, 0.717) is 0 Å². The van der Waals surface area contributed by atoms with E-state index in [9.17, 15) is 40.5 Å². The van der Waals surface area contributed by atoms with E-state index in [1.807, 2.05) is 0 Å². The molecule has 1 fully saturated rings. The van der Waals surface area contributed by atoms with Gasteiger partial charge in [-0.05, 0) is 0 Å². The van der Waals surface area contributed by atoms with E-state index < -0.39 is 68.3 Å². The molecule has 0 spiro atoms. The van der Waals surface area contributed by atoms with Crippen LogP contribution in [0.2, 0.25) is 0 Å². The first-order valence-corrected chi connectivity index (χ1v) is 6.82. The predicted molar refractivity (Wildman–Crippen MR) is 69.8 cm³/mol. The topological polar surface area (TPSA) is 197 Å². The van der Waals surface area contributed by atoms with Crippen molar-refractivity contribution in [3.8, 4) is 0 Å². The van der Waals surface area contributed by atoms with E-state index in [2.05, 4.69) is 0 Å². The summed E-state index contributed by atoms with van der Waals surface area (Å²) in [5.74, 6) is -2.78. The van der Waals surface area contributed by atoms with E-state index in [0.717, 1.165) is 0 Å². The van der Waals surface area contributed by atoms with Crippen molar-refractivity contribution >= 4 is 6.29 Å². The second kappa shape index (κ2) is 8.39. The van der Waals surface area contributed by atoms with Crippen molar-refractivity contribution in [3.63, 3.8) is 0 Å². The minimum absolute atomic E-state index is 0.0681. The summed E-state index contributed by atoms with van der Waals surface area (Å²) in [5, 5.41) is 76.8. The second-order valence-corrected chi connectivity index (χ2v) is 5.22. The van der Waals surface area contributed by atoms with Crippen molar-refractivity contribution in [2.45, 2.75) is 48.5 Å². The fraction of sp³-hybridized carbons (Fsp3) is 0.917. The highest BCUT2D eigenvalue weighted by Crippen LogP contribution is 2.30. The van der Waals surface area contributed by atoms with Crippen LogP contribution in [0, 0.1) is 0 Å². The van der Waals surface area contributed by atoms with Crippen molar-refractivity contribution in [1.29, 1.82) is 0 Å². The largest absolute Gasteiger partial charge is 0.394 e. The zero-order valence-electron chi connectivity index (χ0n) is 12.0. The molecule has 136 valence electrons. The van der Waals surface area contributed by atoms with Crippen molar-refractivity contribution in [2.75, 3.05) is 19.8 Å². The Hall–Kier alpha value is -0.730. The molecule has 1 heterocycles. The lowest BCUT2D eigenvalue weighted by molar-refractivity contribution is -0.379. The summed E-state index contributed by atoms with van der Waals surface area (Å²) in [4.78, 5) is 10.5. The maximum Gasteiger partial charge on any atom is 0.224 e. The maximum atomic E-state index is 10.5. The van der Waals surface area contributed by atoms with Crippen LogP contribution in [0.5, 0.6) is 0 Å². The molecular formula is C12H22O11. The van der Waals surface area contributed by atoms with Crippen molar-refractivity contribution in [1.82, 2.24) is 0 Å². The van der Waals surface area contributed by atoms with Gasteiger partial charge in [-0.2, -0.15) is 0 Å². The number of hydrogen-bond acceptors (Lipinski definition) is 11. The molecule has 0 aromatic rings. The average Bonchev–Trinajstić information content (AvgIpc) is 2.55. The molecule has 11 heteroatoms. The van der Waals surface area contributed by atoms with Crippen LogP contribution in [0.15, 0.2) is 0 Å². The monoisotopic (exact) mass is 342 g/mol. The standard InChI is InChI=1S/C12H22O11/c13-1-5(16)9(19)10(6(17)2-14)23-12(21)8(3-15)22-4-7(18)11(12)20/h1,5-11,14-21H,2-4H2/t5-,6+,7-,8+,9+,10+,11+,12-/m0/s1. The van der Waals surface area contributed by atoms with Crippen molar-refractivity contribution < 1.29 is 55.1 Å². The van der Waals surface area contributed by atoms with Crippen LogP contribution in [0.4, 0.5) is 0 Å². The third-order valence-corrected chi connectivity index (χ3v) is 3.60. The van der Waals surface area contributed by atoms with Crippen LogP contribution in [0.3, 0.4) is 0 Å². The predicted octanol–water partition coefficient (Wildman–Crippen LogP) is -5.55. The Morgan fingerprint density at radius 2 is 1.87 bits per heavy atom. The Morgan fingerprint density at radius 1 is 1.26 bits per heavy atom. The van der Waals surface area contributed by atoms with Gasteiger partial charge >= 0.3 is 0 Å². The number of hydrogen-bond donors (Lipinski definition) is 8. The number of rotatable bonds is 8. The van der Waals surface area contributed by atoms with Gasteiger partial charge in [0.1, 0.15) is 42.7 Å². The summed E-state index contributed by atoms with van der Waals surface area (Å²) in [6.45, 7) is -2.26. The number of aldehydes is 1. The summed E-state index contributed by atoms with van der Waals surface area (Å²) < 4.78 is 9.90. The number of carbonyl (C=O) groups is 1. The zero-order chi connectivity index (χ0) is 17.8. The summed E-state index contributed by atoms with van der Waals surface area (Å²) >= 11 is 0. The lowest BCUT2D eigenvalue weighted by Gasteiger charge is -2.46. The first-order valence-electron chi connectivity index (χ1n) is 6.82. The molecule has 8 N–H and O–H groups in total. The van der Waals surface area contributed by atoms with Crippen LogP contribution < -0.4 is 0 Å². The van der Waals surface area contributed by atoms with E-state index >= 15 is 0 Å². The Bertz CT molecular complexity index is 376. The van der Waals surface area contributed by atoms with Gasteiger partial charge in [0.15, 0.2) is 6.29 Å². The van der Waals surface area contributed by atoms with Gasteiger partial charge in [0.05, 0.1) is 19.8 Å². The van der Waals surface area contributed by atoms with E-state index in [1.54, 1.807) is 0 Å². The molecule has 0 aromatic carbocycles. The SMILES string of the molecule is O=C[C@H](O)[C@@H](O)[C@H](O[C@]1(O)[C@H](O)[C@@H](O)CO[C@@H]1CO)[C@H](O)CO. The Morgan fingerprint density at radius 3 is 2.35 bits per heavy atom. The highest BCUT2D eigenvalue weighted by molar-refractivity contribution is 5.56. The average molecular weight is 342 g/mol. The van der Waals surface area contributed by atoms with Gasteiger partial charge in [-0.15, -0.1) is 0 Å². The lowest BCUT2D eigenvalue weighted by Crippen LogP contribution is -2.68. The summed E-state index contributed by atoms with van der Waals surface area (Å²) in [5.41, 5.74) is 0. The van der Waals surface area contributed by atoms with E-state index in [1.165, 1.54) is 0 Å². The molecule has 1 aliphatic rings. The third-order valence-electron chi connectivity index (χ3n) is 3.60. The molecular weight excluding hydrogens is 320 g/mol. The lowest BCUT2D eigenvalue weighted by atomic mass is 9.94. The molecule has 11 nitrogen and oxygen atoms in total. The van der Waals surface area contributed by atoms with Gasteiger partial charge in [-0.3, -0.25) is 0 Å². The van der Waals surface area contributed by atoms with Crippen LogP contribution in [0.1, 0.15) is 0 Å². The molecule has 0 radical (unpaired) electrons. The third kappa shape index (κ3) is 4.22. The Kier molecular flexibility index (Phi) is 7.41. The van der Waals surface area contributed by atoms with E-state index in [-0.39, 0.29) is 6.29 Å². The van der Waals surface area contributed by atoms with Gasteiger partial charge in [-0.1, -0.05) is 0 Å². The number of aliphatic hydroxyl groups is 8. The van der Waals surface area contributed by atoms with Crippen LogP contribution >= 0.6 is 0 Å². The van der Waals surface area contributed by atoms with Crippen molar-refractivity contribution in [3.05, 3.63) is 0 Å². The highest BCUT2D eigenvalue weighted by atomic mass is 16.7. The molecule has 0 aliphatic carbocycles. The minimum atomic E-state index is -2.78. The smallest absolute Gasteiger partial charge is 0.224 e. The minimum Gasteiger partial charge on any atom is -0.394 e. The molecule has 0 bridgehead atoms. The molecule has 1 rings (SSSR count). The first kappa shape index (κ1) is 20.3. The van der Waals surface area contributed by atoms with E-state index in [4.69, 9.17) is 14.6 Å². The Labute approximate surface area is 130 Å².